The fourth-order valence-corrected chi connectivity index (χ4v) is 2.40. The molecule has 0 radical (unpaired) electrons. The summed E-state index contributed by atoms with van der Waals surface area (Å²) < 4.78 is 0. The zero-order valence-electron chi connectivity index (χ0n) is 10.7. The predicted molar refractivity (Wildman–Crippen MR) is 73.8 cm³/mol. The van der Waals surface area contributed by atoms with E-state index in [9.17, 15) is 0 Å². The van der Waals surface area contributed by atoms with Crippen LogP contribution in [0.5, 0.6) is 0 Å². The van der Waals surface area contributed by atoms with E-state index in [1.807, 2.05) is 0 Å². The molecule has 0 atom stereocenters. The molecule has 0 aliphatic heterocycles. The quantitative estimate of drug-likeness (QED) is 0.744. The highest BCUT2D eigenvalue weighted by Gasteiger charge is 2.19. The first-order chi connectivity index (χ1) is 8.22. The smallest absolute Gasteiger partial charge is 0.128 e. The number of hydrogen-bond donors (Lipinski definition) is 0. The molecular formula is C14H21ClN2. The van der Waals surface area contributed by atoms with Crippen molar-refractivity contribution in [3.8, 4) is 0 Å². The summed E-state index contributed by atoms with van der Waals surface area (Å²) in [6.45, 7) is 3.26. The highest BCUT2D eigenvalue weighted by atomic mass is 35.5. The van der Waals surface area contributed by atoms with Gasteiger partial charge in [-0.05, 0) is 42.9 Å². The summed E-state index contributed by atoms with van der Waals surface area (Å²) in [5.41, 5.74) is 2.31. The van der Waals surface area contributed by atoms with Crippen molar-refractivity contribution >= 4 is 17.4 Å². The number of pyridine rings is 1. The number of aryl methyl sites for hydroxylation is 1. The molecule has 1 aliphatic rings. The van der Waals surface area contributed by atoms with Gasteiger partial charge in [0.2, 0.25) is 0 Å². The molecule has 1 aliphatic carbocycles. The number of hydrogen-bond acceptors (Lipinski definition) is 2. The van der Waals surface area contributed by atoms with E-state index in [1.165, 1.54) is 24.8 Å². The van der Waals surface area contributed by atoms with E-state index >= 15 is 0 Å². The summed E-state index contributed by atoms with van der Waals surface area (Å²) in [5, 5.41) is 0. The molecule has 0 N–H and O–H groups in total. The van der Waals surface area contributed by atoms with Gasteiger partial charge in [0, 0.05) is 25.2 Å². The lowest BCUT2D eigenvalue weighted by Crippen LogP contribution is -2.30. The van der Waals surface area contributed by atoms with Crippen molar-refractivity contribution in [3.05, 3.63) is 23.4 Å². The van der Waals surface area contributed by atoms with Gasteiger partial charge < -0.3 is 4.90 Å². The monoisotopic (exact) mass is 252 g/mol. The van der Waals surface area contributed by atoms with E-state index in [1.54, 1.807) is 0 Å². The lowest BCUT2D eigenvalue weighted by atomic mass is 9.85. The Bertz CT molecular complexity index is 352. The van der Waals surface area contributed by atoms with Crippen molar-refractivity contribution in [3.63, 3.8) is 0 Å². The van der Waals surface area contributed by atoms with Gasteiger partial charge in [0.1, 0.15) is 5.82 Å². The second-order valence-electron chi connectivity index (χ2n) is 4.99. The molecule has 1 aromatic heterocycles. The Morgan fingerprint density at radius 3 is 2.71 bits per heavy atom. The third kappa shape index (κ3) is 3.12. The lowest BCUT2D eigenvalue weighted by Gasteiger charge is -2.31. The van der Waals surface area contributed by atoms with Gasteiger partial charge in [0.25, 0.3) is 0 Å². The van der Waals surface area contributed by atoms with Gasteiger partial charge in [0.05, 0.1) is 0 Å². The summed E-state index contributed by atoms with van der Waals surface area (Å²) in [4.78, 5) is 6.96. The first-order valence-electron chi connectivity index (χ1n) is 6.50. The minimum absolute atomic E-state index is 0.569. The Morgan fingerprint density at radius 1 is 1.41 bits per heavy atom. The minimum atomic E-state index is 0.569. The maximum atomic E-state index is 5.93. The first kappa shape index (κ1) is 12.7. The molecule has 0 aromatic carbocycles. The van der Waals surface area contributed by atoms with Gasteiger partial charge in [0.15, 0.2) is 0 Å². The van der Waals surface area contributed by atoms with Crippen LogP contribution in [-0.4, -0.2) is 18.6 Å². The van der Waals surface area contributed by atoms with Crippen molar-refractivity contribution in [1.29, 1.82) is 0 Å². The average Bonchev–Trinajstić information content (AvgIpc) is 2.32. The van der Waals surface area contributed by atoms with Crippen LogP contribution in [0, 0.1) is 5.92 Å². The van der Waals surface area contributed by atoms with Crippen LogP contribution in [0.15, 0.2) is 12.1 Å². The number of nitrogens with zero attached hydrogens (tertiary/aromatic N) is 2. The van der Waals surface area contributed by atoms with Gasteiger partial charge in [-0.25, -0.2) is 4.98 Å². The summed E-state index contributed by atoms with van der Waals surface area (Å²) in [5.74, 6) is 2.51. The molecule has 3 heteroatoms. The zero-order valence-corrected chi connectivity index (χ0v) is 11.5. The van der Waals surface area contributed by atoms with Gasteiger partial charge in [-0.2, -0.15) is 0 Å². The van der Waals surface area contributed by atoms with Crippen LogP contribution in [0.2, 0.25) is 0 Å². The molecular weight excluding hydrogens is 232 g/mol. The van der Waals surface area contributed by atoms with Crippen LogP contribution < -0.4 is 4.90 Å². The van der Waals surface area contributed by atoms with Crippen LogP contribution >= 0.6 is 11.6 Å². The van der Waals surface area contributed by atoms with Crippen molar-refractivity contribution in [2.75, 3.05) is 18.5 Å². The Labute approximate surface area is 109 Å². The zero-order chi connectivity index (χ0) is 12.3. The maximum Gasteiger partial charge on any atom is 0.128 e. The van der Waals surface area contributed by atoms with Gasteiger partial charge in [-0.15, -0.1) is 11.6 Å². The fourth-order valence-electron chi connectivity index (χ4n) is 2.24. The summed E-state index contributed by atoms with van der Waals surface area (Å²) in [6.07, 6.45) is 5.11. The van der Waals surface area contributed by atoms with E-state index in [0.29, 0.717) is 5.88 Å². The summed E-state index contributed by atoms with van der Waals surface area (Å²) >= 11 is 5.93. The van der Waals surface area contributed by atoms with E-state index in [2.05, 4.69) is 36.0 Å². The third-order valence-corrected chi connectivity index (χ3v) is 3.90. The van der Waals surface area contributed by atoms with Crippen molar-refractivity contribution in [2.24, 2.45) is 5.92 Å². The molecule has 0 saturated heterocycles. The second-order valence-corrected chi connectivity index (χ2v) is 5.26. The van der Waals surface area contributed by atoms with Crippen molar-refractivity contribution in [2.45, 2.75) is 38.5 Å². The predicted octanol–water partition coefficient (Wildman–Crippen LogP) is 3.62. The molecule has 0 bridgehead atoms. The van der Waals surface area contributed by atoms with Gasteiger partial charge in [-0.1, -0.05) is 13.3 Å². The van der Waals surface area contributed by atoms with Crippen LogP contribution in [0.1, 0.15) is 37.4 Å². The van der Waals surface area contributed by atoms with Crippen LogP contribution in [0.25, 0.3) is 0 Å². The largest absolute Gasteiger partial charge is 0.359 e. The first-order valence-corrected chi connectivity index (χ1v) is 7.03. The molecule has 1 heterocycles. The molecule has 2 rings (SSSR count). The molecule has 17 heavy (non-hydrogen) atoms. The van der Waals surface area contributed by atoms with Crippen LogP contribution in [0.3, 0.4) is 0 Å². The Kier molecular flexibility index (Phi) is 4.27. The molecule has 0 unspecified atom stereocenters. The Hall–Kier alpha value is -0.760. The Morgan fingerprint density at radius 2 is 2.18 bits per heavy atom. The average molecular weight is 253 g/mol. The van der Waals surface area contributed by atoms with E-state index in [4.69, 9.17) is 11.6 Å². The molecule has 1 fully saturated rings. The van der Waals surface area contributed by atoms with Crippen LogP contribution in [0.4, 0.5) is 5.82 Å². The SMILES string of the molecule is CCc1cc(CCl)cc(N(C)CC2CCC2)n1. The molecule has 0 amide bonds. The van der Waals surface area contributed by atoms with Crippen molar-refractivity contribution in [1.82, 2.24) is 4.98 Å². The highest BCUT2D eigenvalue weighted by Crippen LogP contribution is 2.28. The number of halogens is 1. The number of alkyl halides is 1. The van der Waals surface area contributed by atoms with E-state index in [-0.39, 0.29) is 0 Å². The van der Waals surface area contributed by atoms with Crippen molar-refractivity contribution < 1.29 is 0 Å². The summed E-state index contributed by atoms with van der Waals surface area (Å²) in [7, 11) is 2.14. The topological polar surface area (TPSA) is 16.1 Å². The van der Waals surface area contributed by atoms with E-state index in [0.717, 1.165) is 30.4 Å². The molecule has 1 aromatic rings. The number of rotatable bonds is 5. The van der Waals surface area contributed by atoms with E-state index < -0.39 is 0 Å². The van der Waals surface area contributed by atoms with Gasteiger partial charge in [-0.3, -0.25) is 0 Å². The third-order valence-electron chi connectivity index (χ3n) is 3.59. The number of anilines is 1. The molecule has 0 spiro atoms. The maximum absolute atomic E-state index is 5.93. The highest BCUT2D eigenvalue weighted by molar-refractivity contribution is 6.17. The lowest BCUT2D eigenvalue weighted by molar-refractivity contribution is 0.321. The molecule has 94 valence electrons. The minimum Gasteiger partial charge on any atom is -0.359 e. The normalized spacial score (nSPS) is 15.7. The molecule has 2 nitrogen and oxygen atoms in total. The van der Waals surface area contributed by atoms with Crippen LogP contribution in [-0.2, 0) is 12.3 Å². The molecule has 1 saturated carbocycles. The summed E-state index contributed by atoms with van der Waals surface area (Å²) in [6, 6.07) is 4.22. The Balaban J connectivity index is 2.11. The standard InChI is InChI=1S/C14H21ClN2/c1-3-13-7-12(9-15)8-14(16-13)17(2)10-11-5-4-6-11/h7-8,11H,3-6,9-10H2,1-2H3. The van der Waals surface area contributed by atoms with Gasteiger partial charge >= 0.3 is 0 Å². The fraction of sp³-hybridized carbons (Fsp3) is 0.643. The number of aromatic nitrogens is 1. The second kappa shape index (κ2) is 5.72.